The van der Waals surface area contributed by atoms with E-state index in [0.29, 0.717) is 37.5 Å². The first-order valence-corrected chi connectivity index (χ1v) is 13.4. The SMILES string of the molecule is CCOC(C)(C)CCNC(=O)CCC(=O)N1Cc2ccccc2-c2c(ncn2C(O)COC)-c2ccccc21. The van der Waals surface area contributed by atoms with E-state index in [2.05, 4.69) is 10.3 Å². The second-order valence-corrected chi connectivity index (χ2v) is 10.2. The van der Waals surface area contributed by atoms with Crippen LogP contribution < -0.4 is 10.2 Å². The number of para-hydroxylation sites is 1. The second-order valence-electron chi connectivity index (χ2n) is 10.2. The number of fused-ring (bicyclic) bond motifs is 5. The number of anilines is 1. The maximum Gasteiger partial charge on any atom is 0.227 e. The van der Waals surface area contributed by atoms with E-state index >= 15 is 0 Å². The molecular weight excluding hydrogens is 496 g/mol. The summed E-state index contributed by atoms with van der Waals surface area (Å²) in [5.41, 5.74) is 4.40. The molecule has 1 aliphatic rings. The number of rotatable bonds is 11. The Bertz CT molecular complexity index is 1300. The first-order valence-electron chi connectivity index (χ1n) is 13.4. The highest BCUT2D eigenvalue weighted by atomic mass is 16.5. The third-order valence-electron chi connectivity index (χ3n) is 6.93. The summed E-state index contributed by atoms with van der Waals surface area (Å²) in [4.78, 5) is 32.6. The van der Waals surface area contributed by atoms with Gasteiger partial charge in [0.05, 0.1) is 42.2 Å². The number of nitrogens with one attached hydrogen (secondary N) is 1. The van der Waals surface area contributed by atoms with Gasteiger partial charge < -0.3 is 29.4 Å². The molecule has 0 saturated carbocycles. The third kappa shape index (κ3) is 6.55. The Morgan fingerprint density at radius 1 is 1.10 bits per heavy atom. The van der Waals surface area contributed by atoms with Crippen molar-refractivity contribution in [2.45, 2.75) is 58.4 Å². The Kier molecular flexibility index (Phi) is 9.16. The molecule has 1 atom stereocenters. The molecule has 0 saturated heterocycles. The number of methoxy groups -OCH3 is 1. The smallest absolute Gasteiger partial charge is 0.227 e. The highest BCUT2D eigenvalue weighted by Crippen LogP contribution is 2.42. The number of carbonyl (C=O) groups excluding carboxylic acids is 2. The first-order chi connectivity index (χ1) is 18.8. The van der Waals surface area contributed by atoms with Crippen molar-refractivity contribution in [3.63, 3.8) is 0 Å². The maximum absolute atomic E-state index is 13.6. The van der Waals surface area contributed by atoms with Crippen LogP contribution in [0.25, 0.3) is 22.5 Å². The van der Waals surface area contributed by atoms with E-state index < -0.39 is 6.23 Å². The summed E-state index contributed by atoms with van der Waals surface area (Å²) in [5.74, 6) is -0.311. The minimum absolute atomic E-state index is 0.0744. The number of carbonyl (C=O) groups is 2. The molecule has 9 nitrogen and oxygen atoms in total. The molecule has 2 amide bonds. The molecule has 1 aliphatic heterocycles. The van der Waals surface area contributed by atoms with Gasteiger partial charge in [0.15, 0.2) is 6.23 Å². The largest absolute Gasteiger partial charge is 0.380 e. The lowest BCUT2D eigenvalue weighted by Crippen LogP contribution is -2.35. The Balaban J connectivity index is 1.59. The van der Waals surface area contributed by atoms with Crippen LogP contribution in [0.4, 0.5) is 5.69 Å². The molecule has 3 aromatic rings. The zero-order chi connectivity index (χ0) is 28.0. The van der Waals surface area contributed by atoms with Gasteiger partial charge in [-0.1, -0.05) is 42.5 Å². The number of hydrogen-bond donors (Lipinski definition) is 2. The van der Waals surface area contributed by atoms with Crippen molar-refractivity contribution in [1.29, 1.82) is 0 Å². The molecule has 0 radical (unpaired) electrons. The van der Waals surface area contributed by atoms with Crippen LogP contribution in [0.15, 0.2) is 54.9 Å². The number of imidazole rings is 1. The number of hydrogen-bond acceptors (Lipinski definition) is 6. The Morgan fingerprint density at radius 3 is 2.56 bits per heavy atom. The Labute approximate surface area is 229 Å². The van der Waals surface area contributed by atoms with Crippen LogP contribution in [0.5, 0.6) is 0 Å². The summed E-state index contributed by atoms with van der Waals surface area (Å²) in [6, 6.07) is 15.4. The molecule has 0 aliphatic carbocycles. The van der Waals surface area contributed by atoms with Crippen molar-refractivity contribution in [3.05, 3.63) is 60.4 Å². The van der Waals surface area contributed by atoms with Crippen LogP contribution in [-0.2, 0) is 25.6 Å². The van der Waals surface area contributed by atoms with Crippen molar-refractivity contribution < 1.29 is 24.2 Å². The van der Waals surface area contributed by atoms with Crippen molar-refractivity contribution in [3.8, 4) is 22.5 Å². The highest BCUT2D eigenvalue weighted by molar-refractivity contribution is 6.01. The molecule has 0 spiro atoms. The fourth-order valence-electron chi connectivity index (χ4n) is 4.97. The molecule has 2 N–H and O–H groups in total. The summed E-state index contributed by atoms with van der Waals surface area (Å²) in [6.07, 6.45) is 1.55. The second kappa shape index (κ2) is 12.5. The zero-order valence-corrected chi connectivity index (χ0v) is 23.1. The standard InChI is InChI=1S/C30H38N4O5/c1-5-39-30(2,3)16-17-31-25(35)14-15-26(36)33-18-21-10-6-7-11-22(21)29-28(23-12-8-9-13-24(23)33)32-20-34(29)27(37)19-38-4/h6-13,20,27,37H,5,14-19H2,1-4H3,(H,31,35). The fourth-order valence-corrected chi connectivity index (χ4v) is 4.97. The maximum atomic E-state index is 13.6. The molecule has 9 heteroatoms. The van der Waals surface area contributed by atoms with Crippen LogP contribution >= 0.6 is 0 Å². The van der Waals surface area contributed by atoms with Gasteiger partial charge >= 0.3 is 0 Å². The van der Waals surface area contributed by atoms with Crippen LogP contribution in [-0.4, -0.2) is 58.9 Å². The molecule has 0 fully saturated rings. The number of aliphatic hydroxyl groups is 1. The normalized spacial score (nSPS) is 13.5. The summed E-state index contributed by atoms with van der Waals surface area (Å²) >= 11 is 0. The summed E-state index contributed by atoms with van der Waals surface area (Å²) in [6.45, 7) is 7.48. The molecule has 1 aromatic heterocycles. The summed E-state index contributed by atoms with van der Waals surface area (Å²) < 4.78 is 12.6. The van der Waals surface area contributed by atoms with Gasteiger partial charge in [-0.05, 0) is 38.8 Å². The van der Waals surface area contributed by atoms with E-state index in [1.807, 2.05) is 69.3 Å². The number of nitrogens with zero attached hydrogens (tertiary/aromatic N) is 3. The topological polar surface area (TPSA) is 106 Å². The monoisotopic (exact) mass is 534 g/mol. The van der Waals surface area contributed by atoms with Gasteiger partial charge in [0, 0.05) is 44.2 Å². The van der Waals surface area contributed by atoms with Crippen molar-refractivity contribution in [1.82, 2.24) is 14.9 Å². The average Bonchev–Trinajstić information content (AvgIpc) is 3.34. The van der Waals surface area contributed by atoms with E-state index in [-0.39, 0.29) is 36.9 Å². The van der Waals surface area contributed by atoms with Gasteiger partial charge in [-0.15, -0.1) is 0 Å². The van der Waals surface area contributed by atoms with Gasteiger partial charge in [0.25, 0.3) is 0 Å². The van der Waals surface area contributed by atoms with Gasteiger partial charge in [0.1, 0.15) is 0 Å². The molecule has 208 valence electrons. The van der Waals surface area contributed by atoms with E-state index in [9.17, 15) is 14.7 Å². The number of amides is 2. The van der Waals surface area contributed by atoms with Gasteiger partial charge in [-0.25, -0.2) is 4.98 Å². The van der Waals surface area contributed by atoms with E-state index in [0.717, 1.165) is 22.4 Å². The number of benzene rings is 2. The van der Waals surface area contributed by atoms with Gasteiger partial charge in [-0.3, -0.25) is 9.59 Å². The van der Waals surface area contributed by atoms with E-state index in [1.54, 1.807) is 22.9 Å². The minimum atomic E-state index is -0.916. The summed E-state index contributed by atoms with van der Waals surface area (Å²) in [5, 5.41) is 13.7. The number of aliphatic hydroxyl groups excluding tert-OH is 1. The number of ether oxygens (including phenoxy) is 2. The van der Waals surface area contributed by atoms with Crippen molar-refractivity contribution in [2.24, 2.45) is 0 Å². The van der Waals surface area contributed by atoms with Crippen molar-refractivity contribution in [2.75, 3.05) is 31.8 Å². The van der Waals surface area contributed by atoms with Crippen LogP contribution in [0.1, 0.15) is 51.8 Å². The summed E-state index contributed by atoms with van der Waals surface area (Å²) in [7, 11) is 1.54. The minimum Gasteiger partial charge on any atom is -0.380 e. The molecule has 0 bridgehead atoms. The average molecular weight is 535 g/mol. The van der Waals surface area contributed by atoms with Crippen LogP contribution in [0.2, 0.25) is 0 Å². The molecule has 4 rings (SSSR count). The van der Waals surface area contributed by atoms with E-state index in [4.69, 9.17) is 9.47 Å². The lowest BCUT2D eigenvalue weighted by molar-refractivity contribution is -0.125. The molecule has 1 unspecified atom stereocenters. The lowest BCUT2D eigenvalue weighted by atomic mass is 9.95. The molecular formula is C30H38N4O5. The van der Waals surface area contributed by atoms with Gasteiger partial charge in [0.2, 0.25) is 11.8 Å². The predicted octanol–water partition coefficient (Wildman–Crippen LogP) is 4.30. The van der Waals surface area contributed by atoms with Gasteiger partial charge in [-0.2, -0.15) is 0 Å². The molecule has 2 heterocycles. The first kappa shape index (κ1) is 28.5. The highest BCUT2D eigenvalue weighted by Gasteiger charge is 2.29. The van der Waals surface area contributed by atoms with Crippen LogP contribution in [0, 0.1) is 0 Å². The zero-order valence-electron chi connectivity index (χ0n) is 23.1. The van der Waals surface area contributed by atoms with Crippen LogP contribution in [0.3, 0.4) is 0 Å². The molecule has 2 aromatic carbocycles. The van der Waals surface area contributed by atoms with Crippen molar-refractivity contribution >= 4 is 17.5 Å². The Hall–Kier alpha value is -3.53. The quantitative estimate of drug-likeness (QED) is 0.380. The Morgan fingerprint density at radius 2 is 1.82 bits per heavy atom. The number of aromatic nitrogens is 2. The van der Waals surface area contributed by atoms with E-state index in [1.165, 1.54) is 0 Å². The third-order valence-corrected chi connectivity index (χ3v) is 6.93. The predicted molar refractivity (Wildman–Crippen MR) is 150 cm³/mol. The fraction of sp³-hybridized carbons (Fsp3) is 0.433. The molecule has 39 heavy (non-hydrogen) atoms. The lowest BCUT2D eigenvalue weighted by Gasteiger charge is -2.29.